The summed E-state index contributed by atoms with van der Waals surface area (Å²) in [5, 5.41) is 0. The number of methoxy groups -OCH3 is 1. The topological polar surface area (TPSA) is 9.23 Å². The molecule has 24 heavy (non-hydrogen) atoms. The lowest BCUT2D eigenvalue weighted by molar-refractivity contribution is 0.415. The van der Waals surface area contributed by atoms with E-state index in [1.54, 1.807) is 19.2 Å². The molecule has 0 heterocycles. The highest BCUT2D eigenvalue weighted by Gasteiger charge is 2.12. The van der Waals surface area contributed by atoms with Crippen molar-refractivity contribution in [1.29, 1.82) is 0 Å². The normalized spacial score (nSPS) is 11.8. The molecule has 0 atom stereocenters. The number of ether oxygens (including phenoxy) is 1. The average Bonchev–Trinajstić information content (AvgIpc) is 2.64. The second-order valence-electron chi connectivity index (χ2n) is 5.29. The summed E-state index contributed by atoms with van der Waals surface area (Å²) in [5.74, 6) is 0.564. The van der Waals surface area contributed by atoms with Gasteiger partial charge >= 0.3 is 0 Å². The number of benzene rings is 3. The monoisotopic (exact) mass is 382 g/mol. The zero-order valence-electron chi connectivity index (χ0n) is 13.2. The van der Waals surface area contributed by atoms with Crippen molar-refractivity contribution >= 4 is 26.0 Å². The molecule has 0 aliphatic heterocycles. The molecule has 0 amide bonds. The van der Waals surface area contributed by atoms with Crippen molar-refractivity contribution in [3.63, 3.8) is 0 Å². The van der Waals surface area contributed by atoms with E-state index in [9.17, 15) is 4.39 Å². The van der Waals surface area contributed by atoms with Crippen LogP contribution in [0, 0.1) is 5.82 Å². The predicted octanol–water partition coefficient (Wildman–Crippen LogP) is 6.15. The van der Waals surface area contributed by atoms with Crippen LogP contribution in [-0.2, 0) is 0 Å². The van der Waals surface area contributed by atoms with Gasteiger partial charge in [-0.05, 0) is 56.9 Å². The highest BCUT2D eigenvalue weighted by atomic mass is 79.9. The summed E-state index contributed by atoms with van der Waals surface area (Å²) in [7, 11) is 1.65. The van der Waals surface area contributed by atoms with Crippen LogP contribution in [0.1, 0.15) is 16.7 Å². The smallest absolute Gasteiger partial charge is 0.123 e. The molecule has 0 aliphatic rings. The summed E-state index contributed by atoms with van der Waals surface area (Å²) in [6.07, 6.45) is 0. The summed E-state index contributed by atoms with van der Waals surface area (Å²) in [6.45, 7) is 0. The van der Waals surface area contributed by atoms with E-state index < -0.39 is 0 Å². The molecule has 1 nitrogen and oxygen atoms in total. The van der Waals surface area contributed by atoms with Crippen LogP contribution in [0.15, 0.2) is 78.9 Å². The lowest BCUT2D eigenvalue weighted by atomic mass is 9.95. The fourth-order valence-electron chi connectivity index (χ4n) is 2.52. The SMILES string of the molecule is COc1ccc(/C(=C(\Br)c2ccc(F)cc2)c2ccccc2)cc1. The van der Waals surface area contributed by atoms with Crippen molar-refractivity contribution in [2.75, 3.05) is 7.11 Å². The van der Waals surface area contributed by atoms with E-state index in [0.29, 0.717) is 0 Å². The van der Waals surface area contributed by atoms with Crippen LogP contribution in [0.3, 0.4) is 0 Å². The number of hydrogen-bond acceptors (Lipinski definition) is 1. The van der Waals surface area contributed by atoms with Gasteiger partial charge in [-0.1, -0.05) is 54.6 Å². The molecule has 0 saturated heterocycles. The molecule has 0 radical (unpaired) electrons. The highest BCUT2D eigenvalue weighted by molar-refractivity contribution is 9.15. The van der Waals surface area contributed by atoms with Crippen LogP contribution in [0.25, 0.3) is 10.1 Å². The molecule has 0 fully saturated rings. The fraction of sp³-hybridized carbons (Fsp3) is 0.0476. The first-order chi connectivity index (χ1) is 11.7. The van der Waals surface area contributed by atoms with Crippen LogP contribution in [0.5, 0.6) is 5.75 Å². The van der Waals surface area contributed by atoms with Crippen molar-refractivity contribution in [3.05, 3.63) is 101 Å². The first-order valence-corrected chi connectivity index (χ1v) is 8.34. The molecule has 120 valence electrons. The van der Waals surface area contributed by atoms with Crippen LogP contribution in [-0.4, -0.2) is 7.11 Å². The minimum atomic E-state index is -0.246. The summed E-state index contributed by atoms with van der Waals surface area (Å²) >= 11 is 3.71. The first-order valence-electron chi connectivity index (χ1n) is 7.54. The maximum atomic E-state index is 13.2. The Balaban J connectivity index is 2.17. The standard InChI is InChI=1S/C21H16BrFO/c1-24-19-13-9-16(10-14-19)20(15-5-3-2-4-6-15)21(22)17-7-11-18(23)12-8-17/h2-14H,1H3/b21-20-. The molecule has 3 heteroatoms. The van der Waals surface area contributed by atoms with Crippen LogP contribution < -0.4 is 4.74 Å². The van der Waals surface area contributed by atoms with E-state index in [1.807, 2.05) is 42.5 Å². The van der Waals surface area contributed by atoms with E-state index in [2.05, 4.69) is 28.1 Å². The van der Waals surface area contributed by atoms with Crippen molar-refractivity contribution in [2.24, 2.45) is 0 Å². The van der Waals surface area contributed by atoms with E-state index in [1.165, 1.54) is 12.1 Å². The average molecular weight is 383 g/mol. The van der Waals surface area contributed by atoms with Crippen molar-refractivity contribution in [1.82, 2.24) is 0 Å². The van der Waals surface area contributed by atoms with Gasteiger partial charge in [0, 0.05) is 10.1 Å². The molecule has 0 aromatic heterocycles. The van der Waals surface area contributed by atoms with Gasteiger partial charge in [0.2, 0.25) is 0 Å². The van der Waals surface area contributed by atoms with Crippen molar-refractivity contribution in [3.8, 4) is 5.75 Å². The molecule has 3 aromatic carbocycles. The minimum Gasteiger partial charge on any atom is -0.497 e. The molecule has 0 bridgehead atoms. The maximum absolute atomic E-state index is 13.2. The van der Waals surface area contributed by atoms with Gasteiger partial charge in [0.1, 0.15) is 11.6 Å². The van der Waals surface area contributed by atoms with Gasteiger partial charge in [0.15, 0.2) is 0 Å². The molecule has 0 unspecified atom stereocenters. The van der Waals surface area contributed by atoms with Gasteiger partial charge in [0.25, 0.3) is 0 Å². The minimum absolute atomic E-state index is 0.246. The Kier molecular flexibility index (Phi) is 5.11. The summed E-state index contributed by atoms with van der Waals surface area (Å²) in [5.41, 5.74) is 4.10. The second kappa shape index (κ2) is 7.45. The third kappa shape index (κ3) is 3.57. The van der Waals surface area contributed by atoms with Crippen LogP contribution in [0.4, 0.5) is 4.39 Å². The molecule has 3 aromatic rings. The zero-order chi connectivity index (χ0) is 16.9. The summed E-state index contributed by atoms with van der Waals surface area (Å²) in [4.78, 5) is 0. The Hall–Kier alpha value is -2.39. The fourth-order valence-corrected chi connectivity index (χ4v) is 3.25. The predicted molar refractivity (Wildman–Crippen MR) is 101 cm³/mol. The third-order valence-electron chi connectivity index (χ3n) is 3.76. The molecular weight excluding hydrogens is 367 g/mol. The molecule has 0 N–H and O–H groups in total. The van der Waals surface area contributed by atoms with E-state index in [0.717, 1.165) is 32.5 Å². The van der Waals surface area contributed by atoms with E-state index in [4.69, 9.17) is 4.74 Å². The Morgan fingerprint density at radius 2 is 1.29 bits per heavy atom. The quantitative estimate of drug-likeness (QED) is 0.492. The zero-order valence-corrected chi connectivity index (χ0v) is 14.8. The van der Waals surface area contributed by atoms with E-state index >= 15 is 0 Å². The van der Waals surface area contributed by atoms with Gasteiger partial charge in [0.05, 0.1) is 7.11 Å². The van der Waals surface area contributed by atoms with Gasteiger partial charge < -0.3 is 4.74 Å². The van der Waals surface area contributed by atoms with Gasteiger partial charge in [-0.15, -0.1) is 0 Å². The number of rotatable bonds is 4. The second-order valence-corrected chi connectivity index (χ2v) is 6.08. The summed E-state index contributed by atoms with van der Waals surface area (Å²) < 4.78 is 19.4. The molecule has 0 spiro atoms. The Labute approximate surface area is 149 Å². The number of halogens is 2. The molecule has 0 aliphatic carbocycles. The lowest BCUT2D eigenvalue weighted by Crippen LogP contribution is -1.92. The first kappa shape index (κ1) is 16.5. The number of hydrogen-bond donors (Lipinski definition) is 0. The van der Waals surface area contributed by atoms with Crippen LogP contribution in [0.2, 0.25) is 0 Å². The Bertz CT molecular complexity index is 837. The molecule has 3 rings (SSSR count). The van der Waals surface area contributed by atoms with Gasteiger partial charge in [-0.2, -0.15) is 0 Å². The maximum Gasteiger partial charge on any atom is 0.123 e. The van der Waals surface area contributed by atoms with Gasteiger partial charge in [-0.3, -0.25) is 0 Å². The highest BCUT2D eigenvalue weighted by Crippen LogP contribution is 2.36. The molecule has 0 saturated carbocycles. The largest absolute Gasteiger partial charge is 0.497 e. The molecular formula is C21H16BrFO. The lowest BCUT2D eigenvalue weighted by Gasteiger charge is -2.13. The van der Waals surface area contributed by atoms with E-state index in [-0.39, 0.29) is 5.82 Å². The van der Waals surface area contributed by atoms with Gasteiger partial charge in [-0.25, -0.2) is 4.39 Å². The Morgan fingerprint density at radius 1 is 0.750 bits per heavy atom. The van der Waals surface area contributed by atoms with Crippen molar-refractivity contribution < 1.29 is 9.13 Å². The van der Waals surface area contributed by atoms with Crippen molar-refractivity contribution in [2.45, 2.75) is 0 Å². The van der Waals surface area contributed by atoms with Crippen LogP contribution >= 0.6 is 15.9 Å². The Morgan fingerprint density at radius 3 is 1.88 bits per heavy atom. The third-order valence-corrected chi connectivity index (χ3v) is 4.61. The summed E-state index contributed by atoms with van der Waals surface area (Å²) in [6, 6.07) is 24.5.